The molecular weight excluding hydrogens is 314 g/mol. The van der Waals surface area contributed by atoms with Crippen LogP contribution in [0, 0.1) is 6.92 Å². The van der Waals surface area contributed by atoms with Crippen LogP contribution in [0.1, 0.15) is 53.6 Å². The van der Waals surface area contributed by atoms with E-state index in [0.29, 0.717) is 12.1 Å². The van der Waals surface area contributed by atoms with Gasteiger partial charge in [0.15, 0.2) is 0 Å². The Morgan fingerprint density at radius 3 is 2.60 bits per heavy atom. The lowest BCUT2D eigenvalue weighted by molar-refractivity contribution is 0.0939. The maximum atomic E-state index is 12.9. The van der Waals surface area contributed by atoms with Crippen molar-refractivity contribution in [3.8, 4) is 0 Å². The molecule has 1 aromatic heterocycles. The summed E-state index contributed by atoms with van der Waals surface area (Å²) in [6.07, 6.45) is 2.35. The number of rotatable bonds is 6. The fourth-order valence-electron chi connectivity index (χ4n) is 2.48. The number of nitrogens with one attached hydrogen (secondary N) is 1. The lowest BCUT2D eigenvalue weighted by Gasteiger charge is -2.21. The van der Waals surface area contributed by atoms with E-state index in [-0.39, 0.29) is 23.6 Å². The number of pyridine rings is 1. The molecule has 1 aromatic carbocycles. The molecule has 25 heavy (non-hydrogen) atoms. The van der Waals surface area contributed by atoms with Crippen molar-refractivity contribution in [3.05, 3.63) is 59.4 Å². The number of aryl methyl sites for hydroxylation is 1. The first-order valence-corrected chi connectivity index (χ1v) is 8.61. The molecule has 1 unspecified atom stereocenters. The molecule has 0 saturated heterocycles. The van der Waals surface area contributed by atoms with Crippen LogP contribution in [0.15, 0.2) is 42.6 Å². The highest BCUT2D eigenvalue weighted by Gasteiger charge is 2.19. The number of carbonyl (C=O) groups excluding carboxylic acids is 2. The number of aromatic nitrogens is 1. The molecular formula is C20H25N3O2. The Balaban J connectivity index is 2.26. The van der Waals surface area contributed by atoms with Crippen molar-refractivity contribution in [2.45, 2.75) is 40.2 Å². The van der Waals surface area contributed by atoms with Gasteiger partial charge in [-0.25, -0.2) is 0 Å². The molecule has 0 aliphatic carbocycles. The number of nitrogens with zero attached hydrogens (tertiary/aromatic N) is 2. The van der Waals surface area contributed by atoms with Gasteiger partial charge in [0.05, 0.1) is 0 Å². The molecule has 1 heterocycles. The molecule has 5 heteroatoms. The zero-order valence-electron chi connectivity index (χ0n) is 15.2. The van der Waals surface area contributed by atoms with E-state index in [1.165, 1.54) is 6.20 Å². The van der Waals surface area contributed by atoms with E-state index in [9.17, 15) is 9.59 Å². The molecule has 0 bridgehead atoms. The molecule has 0 fully saturated rings. The first-order valence-electron chi connectivity index (χ1n) is 8.61. The summed E-state index contributed by atoms with van der Waals surface area (Å²) in [5.41, 5.74) is 2.61. The SMILES string of the molecule is CCC(C)NC(=O)c1ccnc(C(=O)N(CC)c2cccc(C)c2)c1. The van der Waals surface area contributed by atoms with Gasteiger partial charge in [-0.3, -0.25) is 14.6 Å². The predicted molar refractivity (Wildman–Crippen MR) is 100.0 cm³/mol. The van der Waals surface area contributed by atoms with Gasteiger partial charge in [-0.2, -0.15) is 0 Å². The third-order valence-electron chi connectivity index (χ3n) is 4.11. The second kappa shape index (κ2) is 8.42. The molecule has 5 nitrogen and oxygen atoms in total. The second-order valence-corrected chi connectivity index (χ2v) is 6.10. The highest BCUT2D eigenvalue weighted by atomic mass is 16.2. The van der Waals surface area contributed by atoms with Crippen LogP contribution in [0.5, 0.6) is 0 Å². The fourth-order valence-corrected chi connectivity index (χ4v) is 2.48. The number of carbonyl (C=O) groups is 2. The molecule has 2 aromatic rings. The zero-order chi connectivity index (χ0) is 18.4. The first-order chi connectivity index (χ1) is 12.0. The van der Waals surface area contributed by atoms with Crippen LogP contribution in [-0.4, -0.2) is 29.4 Å². The third-order valence-corrected chi connectivity index (χ3v) is 4.11. The molecule has 0 radical (unpaired) electrons. The largest absolute Gasteiger partial charge is 0.350 e. The van der Waals surface area contributed by atoms with Gasteiger partial charge < -0.3 is 10.2 Å². The quantitative estimate of drug-likeness (QED) is 0.875. The Labute approximate surface area is 149 Å². The van der Waals surface area contributed by atoms with Crippen molar-refractivity contribution in [1.29, 1.82) is 0 Å². The lowest BCUT2D eigenvalue weighted by Crippen LogP contribution is -2.33. The fraction of sp³-hybridized carbons (Fsp3) is 0.350. The zero-order valence-corrected chi connectivity index (χ0v) is 15.2. The van der Waals surface area contributed by atoms with Gasteiger partial charge in [-0.15, -0.1) is 0 Å². The summed E-state index contributed by atoms with van der Waals surface area (Å²) in [5, 5.41) is 2.90. The minimum absolute atomic E-state index is 0.0826. The van der Waals surface area contributed by atoms with E-state index < -0.39 is 0 Å². The highest BCUT2D eigenvalue weighted by molar-refractivity contribution is 6.06. The monoisotopic (exact) mass is 339 g/mol. The Morgan fingerprint density at radius 1 is 1.20 bits per heavy atom. The molecule has 2 rings (SSSR count). The number of amides is 2. The van der Waals surface area contributed by atoms with Crippen LogP contribution in [0.25, 0.3) is 0 Å². The van der Waals surface area contributed by atoms with Crippen LogP contribution in [0.4, 0.5) is 5.69 Å². The first kappa shape index (κ1) is 18.6. The van der Waals surface area contributed by atoms with Gasteiger partial charge in [0.25, 0.3) is 11.8 Å². The average molecular weight is 339 g/mol. The molecule has 2 amide bonds. The Morgan fingerprint density at radius 2 is 1.96 bits per heavy atom. The normalized spacial score (nSPS) is 11.7. The Kier molecular flexibility index (Phi) is 6.28. The summed E-state index contributed by atoms with van der Waals surface area (Å²) in [6.45, 7) is 8.38. The van der Waals surface area contributed by atoms with Crippen molar-refractivity contribution in [1.82, 2.24) is 10.3 Å². The highest BCUT2D eigenvalue weighted by Crippen LogP contribution is 2.18. The standard InChI is InChI=1S/C20H25N3O2/c1-5-15(4)22-19(24)16-10-11-21-18(13-16)20(25)23(6-2)17-9-7-8-14(3)12-17/h7-13,15H,5-6H2,1-4H3,(H,22,24). The van der Waals surface area contributed by atoms with Crippen LogP contribution < -0.4 is 10.2 Å². The van der Waals surface area contributed by atoms with Crippen molar-refractivity contribution >= 4 is 17.5 Å². The van der Waals surface area contributed by atoms with Crippen LogP contribution >= 0.6 is 0 Å². The smallest absolute Gasteiger partial charge is 0.276 e. The number of benzene rings is 1. The number of hydrogen-bond acceptors (Lipinski definition) is 3. The molecule has 0 saturated carbocycles. The van der Waals surface area contributed by atoms with Gasteiger partial charge in [-0.1, -0.05) is 19.1 Å². The topological polar surface area (TPSA) is 62.3 Å². The maximum Gasteiger partial charge on any atom is 0.276 e. The predicted octanol–water partition coefficient (Wildman–Crippen LogP) is 3.59. The van der Waals surface area contributed by atoms with E-state index in [2.05, 4.69) is 10.3 Å². The van der Waals surface area contributed by atoms with E-state index in [0.717, 1.165) is 17.7 Å². The van der Waals surface area contributed by atoms with E-state index in [4.69, 9.17) is 0 Å². The lowest BCUT2D eigenvalue weighted by atomic mass is 10.1. The third kappa shape index (κ3) is 4.66. The second-order valence-electron chi connectivity index (χ2n) is 6.10. The minimum atomic E-state index is -0.216. The molecule has 132 valence electrons. The Hall–Kier alpha value is -2.69. The Bertz CT molecular complexity index is 758. The molecule has 1 atom stereocenters. The molecule has 0 aliphatic heterocycles. The molecule has 0 spiro atoms. The number of hydrogen-bond donors (Lipinski definition) is 1. The summed E-state index contributed by atoms with van der Waals surface area (Å²) in [7, 11) is 0. The summed E-state index contributed by atoms with van der Waals surface area (Å²) in [6, 6.07) is 11.0. The van der Waals surface area contributed by atoms with Crippen molar-refractivity contribution in [3.63, 3.8) is 0 Å². The average Bonchev–Trinajstić information content (AvgIpc) is 2.62. The van der Waals surface area contributed by atoms with Gasteiger partial charge in [0.2, 0.25) is 0 Å². The van der Waals surface area contributed by atoms with Gasteiger partial charge in [0.1, 0.15) is 5.69 Å². The van der Waals surface area contributed by atoms with Crippen molar-refractivity contribution in [2.75, 3.05) is 11.4 Å². The van der Waals surface area contributed by atoms with Gasteiger partial charge in [0, 0.05) is 30.0 Å². The molecule has 0 aliphatic rings. The summed E-state index contributed by atoms with van der Waals surface area (Å²) in [5.74, 6) is -0.407. The van der Waals surface area contributed by atoms with Crippen LogP contribution in [0.2, 0.25) is 0 Å². The summed E-state index contributed by atoms with van der Waals surface area (Å²) in [4.78, 5) is 31.0. The van der Waals surface area contributed by atoms with E-state index in [1.54, 1.807) is 17.0 Å². The van der Waals surface area contributed by atoms with Crippen molar-refractivity contribution < 1.29 is 9.59 Å². The van der Waals surface area contributed by atoms with E-state index >= 15 is 0 Å². The van der Waals surface area contributed by atoms with Crippen LogP contribution in [0.3, 0.4) is 0 Å². The van der Waals surface area contributed by atoms with E-state index in [1.807, 2.05) is 52.0 Å². The van der Waals surface area contributed by atoms with Gasteiger partial charge >= 0.3 is 0 Å². The summed E-state index contributed by atoms with van der Waals surface area (Å²) < 4.78 is 0. The minimum Gasteiger partial charge on any atom is -0.350 e. The van der Waals surface area contributed by atoms with Crippen LogP contribution in [-0.2, 0) is 0 Å². The molecule has 1 N–H and O–H groups in total. The summed E-state index contributed by atoms with van der Waals surface area (Å²) >= 11 is 0. The maximum absolute atomic E-state index is 12.9. The van der Waals surface area contributed by atoms with Gasteiger partial charge in [-0.05, 0) is 57.0 Å². The van der Waals surface area contributed by atoms with Crippen molar-refractivity contribution in [2.24, 2.45) is 0 Å². The number of anilines is 1.